The Bertz CT molecular complexity index is 1030. The van der Waals surface area contributed by atoms with Crippen molar-refractivity contribution in [1.29, 1.82) is 0 Å². The summed E-state index contributed by atoms with van der Waals surface area (Å²) < 4.78 is 10.8. The first-order valence-electron chi connectivity index (χ1n) is 7.83. The molecule has 0 fully saturated rings. The molecule has 0 amide bonds. The molecule has 0 saturated heterocycles. The van der Waals surface area contributed by atoms with Crippen LogP contribution in [0, 0.1) is 6.92 Å². The molecule has 0 spiro atoms. The number of aryl methyl sites for hydroxylation is 1. The highest BCUT2D eigenvalue weighted by Crippen LogP contribution is 2.31. The molecule has 0 atom stereocenters. The smallest absolute Gasteiger partial charge is 0.228 e. The summed E-state index contributed by atoms with van der Waals surface area (Å²) in [6, 6.07) is 15.7. The van der Waals surface area contributed by atoms with Crippen LogP contribution in [0.15, 0.2) is 59.4 Å². The maximum Gasteiger partial charge on any atom is 0.228 e. The quantitative estimate of drug-likeness (QED) is 0.599. The monoisotopic (exact) mass is 332 g/mol. The van der Waals surface area contributed by atoms with E-state index in [0.717, 1.165) is 17.0 Å². The molecule has 4 aromatic rings. The van der Waals surface area contributed by atoms with Crippen molar-refractivity contribution in [1.82, 2.24) is 15.1 Å². The van der Waals surface area contributed by atoms with Gasteiger partial charge in [0.1, 0.15) is 23.3 Å². The first-order valence-corrected chi connectivity index (χ1v) is 7.83. The summed E-state index contributed by atoms with van der Waals surface area (Å²) >= 11 is 0. The van der Waals surface area contributed by atoms with Gasteiger partial charge >= 0.3 is 0 Å². The average Bonchev–Trinajstić information content (AvgIpc) is 3.08. The fraction of sp³-hybridized carbons (Fsp3) is 0.105. The van der Waals surface area contributed by atoms with Gasteiger partial charge in [-0.2, -0.15) is 0 Å². The molecule has 1 N–H and O–H groups in total. The van der Waals surface area contributed by atoms with Crippen molar-refractivity contribution in [2.24, 2.45) is 0 Å². The number of methoxy groups -OCH3 is 1. The zero-order chi connectivity index (χ0) is 17.2. The first-order chi connectivity index (χ1) is 12.2. The minimum Gasteiger partial charge on any atom is -0.497 e. The van der Waals surface area contributed by atoms with E-state index in [0.29, 0.717) is 22.6 Å². The molecule has 2 heterocycles. The van der Waals surface area contributed by atoms with Gasteiger partial charge in [-0.25, -0.2) is 9.97 Å². The Morgan fingerprint density at radius 1 is 1.04 bits per heavy atom. The van der Waals surface area contributed by atoms with Crippen LogP contribution in [0.25, 0.3) is 22.4 Å². The highest BCUT2D eigenvalue weighted by Gasteiger charge is 2.16. The van der Waals surface area contributed by atoms with E-state index in [4.69, 9.17) is 9.26 Å². The summed E-state index contributed by atoms with van der Waals surface area (Å²) in [5, 5.41) is 7.42. The molecule has 0 radical (unpaired) electrons. The third kappa shape index (κ3) is 2.89. The van der Waals surface area contributed by atoms with Gasteiger partial charge in [-0.05, 0) is 19.1 Å². The lowest BCUT2D eigenvalue weighted by atomic mass is 10.1. The highest BCUT2D eigenvalue weighted by molar-refractivity contribution is 5.94. The van der Waals surface area contributed by atoms with Crippen molar-refractivity contribution in [3.63, 3.8) is 0 Å². The van der Waals surface area contributed by atoms with Gasteiger partial charge in [0.25, 0.3) is 0 Å². The molecule has 0 aliphatic carbocycles. The van der Waals surface area contributed by atoms with E-state index in [-0.39, 0.29) is 0 Å². The lowest BCUT2D eigenvalue weighted by molar-refractivity contribution is 0.415. The number of anilines is 2. The first kappa shape index (κ1) is 15.1. The molecule has 0 saturated carbocycles. The molecule has 25 heavy (non-hydrogen) atoms. The van der Waals surface area contributed by atoms with Gasteiger partial charge in [0, 0.05) is 17.3 Å². The standard InChI is InChI=1S/C19H16N4O2/c1-12-6-8-13(9-7-12)16-17-18(25-23-16)19(21-11-20-17)22-14-4-3-5-15(10-14)24-2/h3-11H,1-2H3,(H,20,21,22). The van der Waals surface area contributed by atoms with Crippen molar-refractivity contribution in [2.75, 3.05) is 12.4 Å². The molecular formula is C19H16N4O2. The highest BCUT2D eigenvalue weighted by atomic mass is 16.5. The molecule has 6 heteroatoms. The number of nitrogens with zero attached hydrogens (tertiary/aromatic N) is 3. The number of aromatic nitrogens is 3. The fourth-order valence-corrected chi connectivity index (χ4v) is 2.59. The SMILES string of the molecule is COc1cccc(Nc2ncnc3c(-c4ccc(C)cc4)noc23)c1. The Morgan fingerprint density at radius 3 is 2.68 bits per heavy atom. The van der Waals surface area contributed by atoms with Crippen LogP contribution in [-0.2, 0) is 0 Å². The van der Waals surface area contributed by atoms with Gasteiger partial charge in [0.05, 0.1) is 7.11 Å². The zero-order valence-corrected chi connectivity index (χ0v) is 13.9. The normalized spacial score (nSPS) is 10.8. The summed E-state index contributed by atoms with van der Waals surface area (Å²) in [6.45, 7) is 2.04. The van der Waals surface area contributed by atoms with E-state index in [1.54, 1.807) is 7.11 Å². The van der Waals surface area contributed by atoms with Crippen LogP contribution in [0.5, 0.6) is 5.75 Å². The summed E-state index contributed by atoms with van der Waals surface area (Å²) in [5.74, 6) is 1.32. The number of hydrogen-bond donors (Lipinski definition) is 1. The van der Waals surface area contributed by atoms with E-state index >= 15 is 0 Å². The summed E-state index contributed by atoms with van der Waals surface area (Å²) in [6.07, 6.45) is 1.50. The van der Waals surface area contributed by atoms with Gasteiger partial charge < -0.3 is 14.6 Å². The van der Waals surface area contributed by atoms with E-state index in [2.05, 4.69) is 20.4 Å². The van der Waals surface area contributed by atoms with E-state index in [1.165, 1.54) is 11.9 Å². The number of nitrogens with one attached hydrogen (secondary N) is 1. The van der Waals surface area contributed by atoms with Gasteiger partial charge in [0.2, 0.25) is 5.58 Å². The van der Waals surface area contributed by atoms with Crippen LogP contribution in [0.3, 0.4) is 0 Å². The predicted molar refractivity (Wildman–Crippen MR) is 96.0 cm³/mol. The minimum atomic E-state index is 0.515. The maximum atomic E-state index is 5.52. The van der Waals surface area contributed by atoms with Crippen LogP contribution in [0.4, 0.5) is 11.5 Å². The topological polar surface area (TPSA) is 73.1 Å². The van der Waals surface area contributed by atoms with Gasteiger partial charge in [-0.3, -0.25) is 0 Å². The number of fused-ring (bicyclic) bond motifs is 1. The molecular weight excluding hydrogens is 316 g/mol. The van der Waals surface area contributed by atoms with Crippen molar-refractivity contribution >= 4 is 22.6 Å². The van der Waals surface area contributed by atoms with Crippen LogP contribution in [0.1, 0.15) is 5.56 Å². The number of hydrogen-bond acceptors (Lipinski definition) is 6. The molecule has 2 aromatic carbocycles. The molecule has 0 aliphatic heterocycles. The summed E-state index contributed by atoms with van der Waals surface area (Å²) in [5.41, 5.74) is 4.87. The van der Waals surface area contributed by atoms with Crippen molar-refractivity contribution in [3.8, 4) is 17.0 Å². The molecule has 124 valence electrons. The number of rotatable bonds is 4. The average molecular weight is 332 g/mol. The summed E-state index contributed by atoms with van der Waals surface area (Å²) in [7, 11) is 1.63. The van der Waals surface area contributed by atoms with Crippen LogP contribution in [-0.4, -0.2) is 22.2 Å². The predicted octanol–water partition coefficient (Wildman–Crippen LogP) is 4.35. The van der Waals surface area contributed by atoms with Gasteiger partial charge in [-0.15, -0.1) is 0 Å². The Labute approximate surface area is 144 Å². The van der Waals surface area contributed by atoms with Crippen molar-refractivity contribution in [2.45, 2.75) is 6.92 Å². The van der Waals surface area contributed by atoms with E-state index < -0.39 is 0 Å². The Kier molecular flexibility index (Phi) is 3.78. The Balaban J connectivity index is 1.75. The second-order valence-electron chi connectivity index (χ2n) is 5.65. The van der Waals surface area contributed by atoms with Crippen molar-refractivity contribution < 1.29 is 9.26 Å². The van der Waals surface area contributed by atoms with Crippen LogP contribution < -0.4 is 10.1 Å². The molecule has 0 unspecified atom stereocenters. The Hall–Kier alpha value is -3.41. The fourth-order valence-electron chi connectivity index (χ4n) is 2.59. The summed E-state index contributed by atoms with van der Waals surface area (Å²) in [4.78, 5) is 8.63. The second-order valence-corrected chi connectivity index (χ2v) is 5.65. The molecule has 0 bridgehead atoms. The van der Waals surface area contributed by atoms with E-state index in [1.807, 2.05) is 55.5 Å². The zero-order valence-electron chi connectivity index (χ0n) is 13.9. The molecule has 0 aliphatic rings. The molecule has 4 rings (SSSR count). The lowest BCUT2D eigenvalue weighted by Crippen LogP contribution is -1.95. The number of benzene rings is 2. The largest absolute Gasteiger partial charge is 0.497 e. The van der Waals surface area contributed by atoms with Crippen molar-refractivity contribution in [3.05, 3.63) is 60.4 Å². The van der Waals surface area contributed by atoms with Crippen LogP contribution >= 0.6 is 0 Å². The second kappa shape index (κ2) is 6.24. The Morgan fingerprint density at radius 2 is 1.88 bits per heavy atom. The van der Waals surface area contributed by atoms with Crippen LogP contribution in [0.2, 0.25) is 0 Å². The third-order valence-corrected chi connectivity index (χ3v) is 3.91. The third-order valence-electron chi connectivity index (χ3n) is 3.91. The molecule has 6 nitrogen and oxygen atoms in total. The number of ether oxygens (including phenoxy) is 1. The minimum absolute atomic E-state index is 0.515. The molecule has 2 aromatic heterocycles. The van der Waals surface area contributed by atoms with E-state index in [9.17, 15) is 0 Å². The maximum absolute atomic E-state index is 5.52. The van der Waals surface area contributed by atoms with Gasteiger partial charge in [-0.1, -0.05) is 41.1 Å². The lowest BCUT2D eigenvalue weighted by Gasteiger charge is -2.06. The van der Waals surface area contributed by atoms with Gasteiger partial charge in [0.15, 0.2) is 5.82 Å².